The summed E-state index contributed by atoms with van der Waals surface area (Å²) in [5.74, 6) is 0.636. The number of nitrogens with zero attached hydrogens (tertiary/aromatic N) is 6. The summed E-state index contributed by atoms with van der Waals surface area (Å²) in [6.07, 6.45) is -6.04. The van der Waals surface area contributed by atoms with Crippen LogP contribution in [-0.4, -0.2) is 96.0 Å². The van der Waals surface area contributed by atoms with Gasteiger partial charge < -0.3 is 24.2 Å². The van der Waals surface area contributed by atoms with E-state index >= 15 is 0 Å². The molecule has 2 aliphatic heterocycles. The van der Waals surface area contributed by atoms with Gasteiger partial charge in [-0.15, -0.1) is 0 Å². The van der Waals surface area contributed by atoms with E-state index in [4.69, 9.17) is 9.47 Å². The average Bonchev–Trinajstić information content (AvgIpc) is 2.96. The Morgan fingerprint density at radius 3 is 2.49 bits per heavy atom. The highest BCUT2D eigenvalue weighted by molar-refractivity contribution is 5.92. The number of ether oxygens (including phenoxy) is 2. The van der Waals surface area contributed by atoms with E-state index in [9.17, 15) is 31.5 Å². The number of anilines is 2. The Kier molecular flexibility index (Phi) is 8.19. The molecule has 0 aliphatic carbocycles. The van der Waals surface area contributed by atoms with Gasteiger partial charge in [-0.1, -0.05) is 0 Å². The average molecular weight is 584 g/mol. The number of piperazine rings is 1. The van der Waals surface area contributed by atoms with Crippen LogP contribution in [0.5, 0.6) is 5.75 Å². The molecule has 2 saturated heterocycles. The zero-order valence-electron chi connectivity index (χ0n) is 21.6. The van der Waals surface area contributed by atoms with Gasteiger partial charge in [0.05, 0.1) is 30.1 Å². The number of morpholine rings is 1. The molecule has 1 N–H and O–H groups in total. The van der Waals surface area contributed by atoms with Crippen LogP contribution < -0.4 is 20.1 Å². The molecular formula is C25H26F5N7O4. The van der Waals surface area contributed by atoms with E-state index in [2.05, 4.69) is 20.2 Å². The molecule has 1 atom stereocenters. The number of aromatic amines is 1. The largest absolute Gasteiger partial charge is 0.488 e. The minimum Gasteiger partial charge on any atom is -0.488 e. The summed E-state index contributed by atoms with van der Waals surface area (Å²) in [5, 5.41) is 7.36. The van der Waals surface area contributed by atoms with Crippen molar-refractivity contribution in [3.63, 3.8) is 0 Å². The maximum atomic E-state index is 13.0. The first kappa shape index (κ1) is 28.4. The Labute approximate surface area is 229 Å². The summed E-state index contributed by atoms with van der Waals surface area (Å²) >= 11 is 0. The molecule has 3 aromatic rings. The number of rotatable bonds is 7. The van der Waals surface area contributed by atoms with Crippen molar-refractivity contribution < 1.29 is 36.2 Å². The molecule has 5 rings (SSSR count). The molecule has 2 fully saturated rings. The zero-order chi connectivity index (χ0) is 29.1. The molecule has 0 unspecified atom stereocenters. The van der Waals surface area contributed by atoms with Crippen LogP contribution in [0, 0.1) is 0 Å². The third kappa shape index (κ3) is 6.64. The van der Waals surface area contributed by atoms with Crippen molar-refractivity contribution in [2.45, 2.75) is 25.1 Å². The van der Waals surface area contributed by atoms with Crippen molar-refractivity contribution in [3.05, 3.63) is 46.5 Å². The predicted octanol–water partition coefficient (Wildman–Crippen LogP) is 2.32. The topological polar surface area (TPSA) is 117 Å². The van der Waals surface area contributed by atoms with Gasteiger partial charge in [-0.2, -0.15) is 18.3 Å². The fourth-order valence-electron chi connectivity index (χ4n) is 4.77. The van der Waals surface area contributed by atoms with Crippen LogP contribution >= 0.6 is 0 Å². The Hall–Kier alpha value is -4.08. The first-order chi connectivity index (χ1) is 19.6. The van der Waals surface area contributed by atoms with Crippen molar-refractivity contribution >= 4 is 28.4 Å². The van der Waals surface area contributed by atoms with Crippen LogP contribution in [-0.2, 0) is 15.7 Å². The van der Waals surface area contributed by atoms with E-state index in [-0.39, 0.29) is 29.4 Å². The van der Waals surface area contributed by atoms with Crippen LogP contribution in [0.1, 0.15) is 12.0 Å². The van der Waals surface area contributed by atoms with E-state index < -0.39 is 36.4 Å². The number of carbonyl (C=O) groups excluding carboxylic acids is 1. The lowest BCUT2D eigenvalue weighted by atomic mass is 10.1. The van der Waals surface area contributed by atoms with Crippen molar-refractivity contribution in [3.8, 4) is 5.75 Å². The number of hydrogen-bond donors (Lipinski definition) is 1. The molecule has 4 heterocycles. The van der Waals surface area contributed by atoms with Crippen LogP contribution in [0.2, 0.25) is 0 Å². The number of hydrogen-bond acceptors (Lipinski definition) is 9. The lowest BCUT2D eigenvalue weighted by molar-refractivity contribution is -0.138. The number of halogens is 5. The second-order valence-corrected chi connectivity index (χ2v) is 9.57. The molecule has 41 heavy (non-hydrogen) atoms. The maximum Gasteiger partial charge on any atom is 0.419 e. The van der Waals surface area contributed by atoms with E-state index in [1.54, 1.807) is 15.9 Å². The summed E-state index contributed by atoms with van der Waals surface area (Å²) in [7, 11) is 0. The van der Waals surface area contributed by atoms with Gasteiger partial charge in [0.15, 0.2) is 5.82 Å². The second kappa shape index (κ2) is 11.8. The molecule has 220 valence electrons. The zero-order valence-corrected chi connectivity index (χ0v) is 21.6. The minimum absolute atomic E-state index is 0.0974. The van der Waals surface area contributed by atoms with Crippen LogP contribution in [0.15, 0.2) is 35.4 Å². The number of aromatic nitrogens is 4. The number of amides is 1. The summed E-state index contributed by atoms with van der Waals surface area (Å²) < 4.78 is 74.2. The fraction of sp³-hybridized carbons (Fsp3) is 0.480. The molecule has 0 radical (unpaired) electrons. The summed E-state index contributed by atoms with van der Waals surface area (Å²) in [6, 6.07) is 4.47. The normalized spacial score (nSPS) is 18.3. The monoisotopic (exact) mass is 583 g/mol. The van der Waals surface area contributed by atoms with Gasteiger partial charge in [0, 0.05) is 57.0 Å². The van der Waals surface area contributed by atoms with E-state index in [0.29, 0.717) is 57.1 Å². The fourth-order valence-corrected chi connectivity index (χ4v) is 4.77. The lowest BCUT2D eigenvalue weighted by Crippen LogP contribution is -2.51. The molecule has 0 saturated carbocycles. The molecule has 16 heteroatoms. The van der Waals surface area contributed by atoms with Crippen molar-refractivity contribution in [1.29, 1.82) is 0 Å². The first-order valence-electron chi connectivity index (χ1n) is 12.8. The number of alkyl halides is 5. The van der Waals surface area contributed by atoms with Crippen molar-refractivity contribution in [2.24, 2.45) is 0 Å². The molecule has 11 nitrogen and oxygen atoms in total. The molecule has 2 aromatic heterocycles. The SMILES string of the molecule is O=C(C[C@@H]1CN(c2n[nH]c(=O)c3cc(OCC(F)F)ccc23)CCO1)N1CCN(c2ncc(C(F)(F)F)cn2)CC1. The Morgan fingerprint density at radius 2 is 1.80 bits per heavy atom. The summed E-state index contributed by atoms with van der Waals surface area (Å²) in [6.45, 7) is 1.73. The van der Waals surface area contributed by atoms with Gasteiger partial charge in [0.25, 0.3) is 12.0 Å². The number of H-pyrrole nitrogens is 1. The van der Waals surface area contributed by atoms with E-state index in [1.807, 2.05) is 4.90 Å². The molecule has 1 amide bonds. The van der Waals surface area contributed by atoms with Gasteiger partial charge in [-0.05, 0) is 18.2 Å². The molecule has 0 bridgehead atoms. The lowest BCUT2D eigenvalue weighted by Gasteiger charge is -2.37. The van der Waals surface area contributed by atoms with Crippen molar-refractivity contribution in [1.82, 2.24) is 25.1 Å². The van der Waals surface area contributed by atoms with Gasteiger partial charge in [0.2, 0.25) is 11.9 Å². The third-order valence-electron chi connectivity index (χ3n) is 6.84. The smallest absolute Gasteiger partial charge is 0.419 e. The highest BCUT2D eigenvalue weighted by atomic mass is 19.4. The molecular weight excluding hydrogens is 557 g/mol. The van der Waals surface area contributed by atoms with E-state index in [0.717, 1.165) is 12.4 Å². The van der Waals surface area contributed by atoms with Crippen molar-refractivity contribution in [2.75, 3.05) is 62.3 Å². The Bertz CT molecular complexity index is 1430. The van der Waals surface area contributed by atoms with Crippen LogP contribution in [0.25, 0.3) is 10.8 Å². The molecule has 1 aromatic carbocycles. The van der Waals surface area contributed by atoms with Crippen LogP contribution in [0.3, 0.4) is 0 Å². The number of benzene rings is 1. The highest BCUT2D eigenvalue weighted by Crippen LogP contribution is 2.29. The first-order valence-corrected chi connectivity index (χ1v) is 12.8. The number of carbonyl (C=O) groups is 1. The predicted molar refractivity (Wildman–Crippen MR) is 136 cm³/mol. The highest BCUT2D eigenvalue weighted by Gasteiger charge is 2.32. The third-order valence-corrected chi connectivity index (χ3v) is 6.84. The van der Waals surface area contributed by atoms with Crippen LogP contribution in [0.4, 0.5) is 33.7 Å². The number of fused-ring (bicyclic) bond motifs is 1. The standard InChI is InChI=1S/C25H26F5N7O4/c26-20(27)14-41-16-1-2-18-19(9-16)23(39)34-33-22(18)37-7-8-40-17(13-37)10-21(38)35-3-5-36(6-4-35)24-31-11-15(12-32-24)25(28,29)30/h1-2,9,11-12,17,20H,3-8,10,13-14H2,(H,34,39)/t17-/m1/s1. The minimum atomic E-state index is -4.52. The second-order valence-electron chi connectivity index (χ2n) is 9.57. The van der Waals surface area contributed by atoms with Gasteiger partial charge >= 0.3 is 6.18 Å². The summed E-state index contributed by atoms with van der Waals surface area (Å²) in [5.41, 5.74) is -1.42. The molecule has 0 spiro atoms. The summed E-state index contributed by atoms with van der Waals surface area (Å²) in [4.78, 5) is 38.3. The number of nitrogens with one attached hydrogen (secondary N) is 1. The Balaban J connectivity index is 1.19. The maximum absolute atomic E-state index is 13.0. The quantitative estimate of drug-likeness (QED) is 0.419. The van der Waals surface area contributed by atoms with Gasteiger partial charge in [-0.3, -0.25) is 9.59 Å². The van der Waals surface area contributed by atoms with Gasteiger partial charge in [-0.25, -0.2) is 23.8 Å². The Morgan fingerprint density at radius 1 is 1.07 bits per heavy atom. The molecule has 2 aliphatic rings. The van der Waals surface area contributed by atoms with Gasteiger partial charge in [0.1, 0.15) is 12.4 Å². The van der Waals surface area contributed by atoms with E-state index in [1.165, 1.54) is 12.1 Å².